The highest BCUT2D eigenvalue weighted by molar-refractivity contribution is 8.26. The van der Waals surface area contributed by atoms with Gasteiger partial charge in [0.1, 0.15) is 27.6 Å². The number of hydrogen-bond donors (Lipinski definition) is 1. The molecule has 1 aromatic carbocycles. The fourth-order valence-corrected chi connectivity index (χ4v) is 6.67. The van der Waals surface area contributed by atoms with Crippen LogP contribution in [0.5, 0.6) is 0 Å². The molecule has 0 saturated carbocycles. The molecular formula is C31H36FN5O4S2. The standard InChI is InChI=1S/C31H36FN5O4S2/c1-3-4-13-36-28(35-17-15-34(16-18-35)23-11-9-22(32)10-12-23)24(21(2)25(20-33)29(36)40)19-26-30(41)37(31(42)43-26)14-7-5-6-8-27(38)39/h9-12,19H,3-8,13-18H2,1-2H3,(H,38,39)/b26-19-. The number of anilines is 2. The van der Waals surface area contributed by atoms with Crippen LogP contribution in [-0.4, -0.2) is 63.5 Å². The molecule has 0 spiro atoms. The maximum Gasteiger partial charge on any atom is 0.303 e. The molecule has 228 valence electrons. The lowest BCUT2D eigenvalue weighted by Gasteiger charge is -2.39. The average Bonchev–Trinajstić information content (AvgIpc) is 3.25. The molecule has 43 heavy (non-hydrogen) atoms. The Morgan fingerprint density at radius 3 is 2.37 bits per heavy atom. The Kier molecular flexibility index (Phi) is 11.0. The van der Waals surface area contributed by atoms with Gasteiger partial charge >= 0.3 is 5.97 Å². The number of benzene rings is 1. The molecule has 0 aliphatic carbocycles. The number of unbranched alkanes of at least 4 members (excludes halogenated alkanes) is 3. The van der Waals surface area contributed by atoms with Crippen molar-refractivity contribution in [3.63, 3.8) is 0 Å². The van der Waals surface area contributed by atoms with Crippen LogP contribution in [0, 0.1) is 24.1 Å². The third kappa shape index (κ3) is 7.46. The molecule has 3 heterocycles. The number of rotatable bonds is 12. The van der Waals surface area contributed by atoms with Crippen LogP contribution < -0.4 is 15.4 Å². The van der Waals surface area contributed by atoms with Crippen LogP contribution in [0.3, 0.4) is 0 Å². The van der Waals surface area contributed by atoms with Gasteiger partial charge in [0, 0.05) is 56.9 Å². The quantitative estimate of drug-likeness (QED) is 0.195. The molecule has 2 aromatic rings. The molecule has 4 rings (SSSR count). The van der Waals surface area contributed by atoms with Gasteiger partial charge < -0.3 is 14.9 Å². The second-order valence-electron chi connectivity index (χ2n) is 10.6. The van der Waals surface area contributed by atoms with Gasteiger partial charge in [-0.15, -0.1) is 0 Å². The van der Waals surface area contributed by atoms with E-state index in [2.05, 4.69) is 15.9 Å². The fraction of sp³-hybridized carbons (Fsp3) is 0.452. The zero-order valence-corrected chi connectivity index (χ0v) is 26.1. The number of hydrogen-bond acceptors (Lipinski definition) is 8. The molecule has 2 aliphatic heterocycles. The van der Waals surface area contributed by atoms with E-state index in [1.165, 1.54) is 23.9 Å². The zero-order chi connectivity index (χ0) is 31.1. The first-order valence-corrected chi connectivity index (χ1v) is 15.8. The summed E-state index contributed by atoms with van der Waals surface area (Å²) in [7, 11) is 0. The van der Waals surface area contributed by atoms with Crippen LogP contribution in [0.15, 0.2) is 34.0 Å². The summed E-state index contributed by atoms with van der Waals surface area (Å²) in [6, 6.07) is 8.50. The van der Waals surface area contributed by atoms with Gasteiger partial charge in [-0.05, 0) is 62.1 Å². The van der Waals surface area contributed by atoms with Gasteiger partial charge in [-0.1, -0.05) is 43.7 Å². The van der Waals surface area contributed by atoms with E-state index in [0.29, 0.717) is 84.7 Å². The SMILES string of the molecule is CCCCn1c(N2CCN(c3ccc(F)cc3)CC2)c(/C=C2\SC(=S)N(CCCCCC(=O)O)C2=O)c(C)c(C#N)c1=O. The largest absolute Gasteiger partial charge is 0.481 e. The number of thioether (sulfide) groups is 1. The molecule has 0 radical (unpaired) electrons. The molecule has 0 unspecified atom stereocenters. The summed E-state index contributed by atoms with van der Waals surface area (Å²) >= 11 is 6.72. The zero-order valence-electron chi connectivity index (χ0n) is 24.5. The molecule has 12 heteroatoms. The highest BCUT2D eigenvalue weighted by Gasteiger charge is 2.33. The lowest BCUT2D eigenvalue weighted by molar-refractivity contribution is -0.137. The van der Waals surface area contributed by atoms with Crippen molar-refractivity contribution in [2.75, 3.05) is 42.5 Å². The third-order valence-electron chi connectivity index (χ3n) is 7.77. The summed E-state index contributed by atoms with van der Waals surface area (Å²) in [6.07, 6.45) is 5.31. The van der Waals surface area contributed by atoms with E-state index in [9.17, 15) is 24.0 Å². The first-order chi connectivity index (χ1) is 20.7. The van der Waals surface area contributed by atoms with Crippen molar-refractivity contribution in [1.82, 2.24) is 9.47 Å². The molecular weight excluding hydrogens is 590 g/mol. The van der Waals surface area contributed by atoms with E-state index in [0.717, 1.165) is 18.5 Å². The maximum absolute atomic E-state index is 13.6. The van der Waals surface area contributed by atoms with E-state index in [1.807, 2.05) is 6.92 Å². The first-order valence-electron chi connectivity index (χ1n) is 14.6. The van der Waals surface area contributed by atoms with E-state index < -0.39 is 5.97 Å². The fourth-order valence-electron chi connectivity index (χ4n) is 5.38. The van der Waals surface area contributed by atoms with E-state index in [4.69, 9.17) is 17.3 Å². The maximum atomic E-state index is 13.6. The number of nitrogens with zero attached hydrogens (tertiary/aromatic N) is 5. The van der Waals surface area contributed by atoms with E-state index in [1.54, 1.807) is 34.6 Å². The Morgan fingerprint density at radius 1 is 1.07 bits per heavy atom. The minimum absolute atomic E-state index is 0.0601. The lowest BCUT2D eigenvalue weighted by Crippen LogP contribution is -2.48. The number of nitriles is 1. The van der Waals surface area contributed by atoms with Crippen LogP contribution in [-0.2, 0) is 16.1 Å². The molecule has 2 aliphatic rings. The number of carbonyl (C=O) groups is 2. The van der Waals surface area contributed by atoms with Crippen LogP contribution in [0.2, 0.25) is 0 Å². The molecule has 2 fully saturated rings. The van der Waals surface area contributed by atoms with Crippen LogP contribution in [0.25, 0.3) is 6.08 Å². The predicted molar refractivity (Wildman–Crippen MR) is 172 cm³/mol. The van der Waals surface area contributed by atoms with Crippen molar-refractivity contribution < 1.29 is 19.1 Å². The van der Waals surface area contributed by atoms with Crippen molar-refractivity contribution >= 4 is 57.8 Å². The van der Waals surface area contributed by atoms with E-state index >= 15 is 0 Å². The molecule has 1 amide bonds. The molecule has 1 N–H and O–H groups in total. The predicted octanol–water partition coefficient (Wildman–Crippen LogP) is 5.14. The average molecular weight is 626 g/mol. The second kappa shape index (κ2) is 14.7. The number of pyridine rings is 1. The number of thiocarbonyl (C=S) groups is 1. The third-order valence-corrected chi connectivity index (χ3v) is 9.15. The van der Waals surface area contributed by atoms with Gasteiger partial charge in [0.05, 0.1) is 4.91 Å². The molecule has 9 nitrogen and oxygen atoms in total. The normalized spacial score (nSPS) is 16.3. The Labute approximate surface area is 260 Å². The van der Waals surface area contributed by atoms with Gasteiger partial charge in [-0.3, -0.25) is 23.9 Å². The highest BCUT2D eigenvalue weighted by Crippen LogP contribution is 2.36. The summed E-state index contributed by atoms with van der Waals surface area (Å²) in [5, 5.41) is 18.8. The molecule has 2 saturated heterocycles. The summed E-state index contributed by atoms with van der Waals surface area (Å²) < 4.78 is 15.6. The van der Waals surface area contributed by atoms with Crippen molar-refractivity contribution in [1.29, 1.82) is 5.26 Å². The van der Waals surface area contributed by atoms with Gasteiger partial charge in [0.25, 0.3) is 11.5 Å². The topological polar surface area (TPSA) is 110 Å². The highest BCUT2D eigenvalue weighted by atomic mass is 32.2. The Bertz CT molecular complexity index is 1510. The minimum atomic E-state index is -0.839. The van der Waals surface area contributed by atoms with Crippen molar-refractivity contribution in [3.05, 3.63) is 62.0 Å². The molecule has 1 aromatic heterocycles. The van der Waals surface area contributed by atoms with E-state index in [-0.39, 0.29) is 29.3 Å². The van der Waals surface area contributed by atoms with Gasteiger partial charge in [-0.25, -0.2) is 4.39 Å². The molecule has 0 bridgehead atoms. The van der Waals surface area contributed by atoms with Crippen LogP contribution >= 0.6 is 24.0 Å². The number of piperazine rings is 1. The Balaban J connectivity index is 1.67. The van der Waals surface area contributed by atoms with Crippen molar-refractivity contribution in [3.8, 4) is 6.07 Å². The van der Waals surface area contributed by atoms with Gasteiger partial charge in [-0.2, -0.15) is 5.26 Å². The number of carboxylic acids is 1. The molecule has 0 atom stereocenters. The number of carbonyl (C=O) groups excluding carboxylic acids is 1. The monoisotopic (exact) mass is 625 g/mol. The summed E-state index contributed by atoms with van der Waals surface area (Å²) in [5.74, 6) is -0.672. The number of carboxylic acid groups (broad SMARTS) is 1. The van der Waals surface area contributed by atoms with Gasteiger partial charge in [0.15, 0.2) is 0 Å². The summed E-state index contributed by atoms with van der Waals surface area (Å²) in [4.78, 5) is 44.1. The first kappa shape index (κ1) is 32.2. The summed E-state index contributed by atoms with van der Waals surface area (Å²) in [6.45, 7) is 7.11. The number of amides is 1. The summed E-state index contributed by atoms with van der Waals surface area (Å²) in [5.41, 5.74) is 1.83. The van der Waals surface area contributed by atoms with Crippen LogP contribution in [0.4, 0.5) is 15.9 Å². The number of aromatic nitrogens is 1. The Hall–Kier alpha value is -3.69. The number of halogens is 1. The number of aliphatic carboxylic acids is 1. The second-order valence-corrected chi connectivity index (χ2v) is 12.3. The van der Waals surface area contributed by atoms with Crippen LogP contribution in [0.1, 0.15) is 62.1 Å². The van der Waals surface area contributed by atoms with Crippen molar-refractivity contribution in [2.24, 2.45) is 0 Å². The smallest absolute Gasteiger partial charge is 0.303 e. The van der Waals surface area contributed by atoms with Crippen molar-refractivity contribution in [2.45, 2.75) is 58.9 Å². The minimum Gasteiger partial charge on any atom is -0.481 e. The van der Waals surface area contributed by atoms with Gasteiger partial charge in [0.2, 0.25) is 0 Å². The Morgan fingerprint density at radius 2 is 1.74 bits per heavy atom. The lowest BCUT2D eigenvalue weighted by atomic mass is 10.0.